The van der Waals surface area contributed by atoms with E-state index in [-0.39, 0.29) is 16.8 Å². The predicted molar refractivity (Wildman–Crippen MR) is 76.8 cm³/mol. The molecule has 0 spiro atoms. The van der Waals surface area contributed by atoms with Gasteiger partial charge in [0.15, 0.2) is 0 Å². The first kappa shape index (κ1) is 16.5. The molecule has 3 heteroatoms. The lowest BCUT2D eigenvalue weighted by Crippen LogP contribution is -2.35. The van der Waals surface area contributed by atoms with Crippen molar-refractivity contribution in [3.05, 3.63) is 0 Å². The maximum absolute atomic E-state index is 11.3. The third-order valence-corrected chi connectivity index (χ3v) is 5.51. The van der Waals surface area contributed by atoms with Gasteiger partial charge < -0.3 is 9.84 Å². The number of carbonyl (C=O) groups excluding carboxylic acids is 1. The van der Waals surface area contributed by atoms with Crippen LogP contribution < -0.4 is 0 Å². The topological polar surface area (TPSA) is 46.5 Å². The van der Waals surface area contributed by atoms with Gasteiger partial charge in [0, 0.05) is 13.0 Å². The minimum Gasteiger partial charge on any atom is -0.466 e. The Morgan fingerprint density at radius 1 is 1.32 bits per heavy atom. The molecule has 0 saturated heterocycles. The van der Waals surface area contributed by atoms with Crippen molar-refractivity contribution in [2.75, 3.05) is 13.2 Å². The molecule has 3 nitrogen and oxygen atoms in total. The number of ether oxygens (including phenoxy) is 1. The first-order valence-electron chi connectivity index (χ1n) is 7.64. The zero-order valence-corrected chi connectivity index (χ0v) is 13.0. The van der Waals surface area contributed by atoms with Crippen LogP contribution in [0.4, 0.5) is 0 Å². The number of aliphatic hydroxyl groups excluding tert-OH is 1. The van der Waals surface area contributed by atoms with Crippen LogP contribution in [0.3, 0.4) is 0 Å². The van der Waals surface area contributed by atoms with Crippen molar-refractivity contribution >= 4 is 5.97 Å². The molecule has 0 unspecified atom stereocenters. The molecule has 0 radical (unpaired) electrons. The van der Waals surface area contributed by atoms with Gasteiger partial charge in [-0.2, -0.15) is 0 Å². The molecular weight excluding hydrogens is 240 g/mol. The summed E-state index contributed by atoms with van der Waals surface area (Å²) in [5, 5.41) is 9.48. The fourth-order valence-electron chi connectivity index (χ4n) is 3.45. The molecule has 0 aromatic heterocycles. The second-order valence-electron chi connectivity index (χ2n) is 6.71. The van der Waals surface area contributed by atoms with Crippen molar-refractivity contribution in [3.8, 4) is 0 Å². The second-order valence-corrected chi connectivity index (χ2v) is 6.71. The van der Waals surface area contributed by atoms with Crippen molar-refractivity contribution in [3.63, 3.8) is 0 Å². The van der Waals surface area contributed by atoms with Crippen molar-refractivity contribution in [1.29, 1.82) is 0 Å². The summed E-state index contributed by atoms with van der Waals surface area (Å²) in [6.07, 6.45) is 5.96. The fraction of sp³-hybridized carbons (Fsp3) is 0.938. The van der Waals surface area contributed by atoms with Crippen LogP contribution in [0, 0.1) is 16.7 Å². The van der Waals surface area contributed by atoms with Crippen LogP contribution in [0.15, 0.2) is 0 Å². The van der Waals surface area contributed by atoms with E-state index in [1.165, 1.54) is 6.42 Å². The van der Waals surface area contributed by atoms with E-state index < -0.39 is 0 Å². The monoisotopic (exact) mass is 270 g/mol. The van der Waals surface area contributed by atoms with Gasteiger partial charge in [-0.1, -0.05) is 27.2 Å². The van der Waals surface area contributed by atoms with E-state index in [2.05, 4.69) is 20.8 Å². The van der Waals surface area contributed by atoms with Crippen molar-refractivity contribution in [2.45, 2.75) is 66.2 Å². The summed E-state index contributed by atoms with van der Waals surface area (Å²) in [6.45, 7) is 9.52. The smallest absolute Gasteiger partial charge is 0.305 e. The molecule has 1 N–H and O–H groups in total. The predicted octanol–water partition coefficient (Wildman–Crippen LogP) is 3.54. The normalized spacial score (nSPS) is 29.4. The number of rotatable bonds is 7. The number of hydrogen-bond acceptors (Lipinski definition) is 3. The van der Waals surface area contributed by atoms with Gasteiger partial charge in [0.25, 0.3) is 0 Å². The molecule has 0 heterocycles. The highest BCUT2D eigenvalue weighted by atomic mass is 16.5. The third-order valence-electron chi connectivity index (χ3n) is 5.51. The summed E-state index contributed by atoms with van der Waals surface area (Å²) in [7, 11) is 0. The van der Waals surface area contributed by atoms with Crippen LogP contribution in [0.5, 0.6) is 0 Å². The Morgan fingerprint density at radius 3 is 2.53 bits per heavy atom. The molecule has 0 aromatic rings. The standard InChI is InChI=1S/C16H30O3/c1-5-19-14(18)8-6-7-10-16(4)11-9-13(12-17)15(16,2)3/h13,17H,5-12H2,1-4H3/t13-,16-/m0/s1. The Balaban J connectivity index is 2.38. The lowest BCUT2D eigenvalue weighted by Gasteiger charge is -2.41. The molecule has 0 aromatic carbocycles. The van der Waals surface area contributed by atoms with E-state index in [9.17, 15) is 9.90 Å². The Morgan fingerprint density at radius 2 is 2.00 bits per heavy atom. The highest BCUT2D eigenvalue weighted by molar-refractivity contribution is 5.69. The molecule has 1 aliphatic rings. The average molecular weight is 270 g/mol. The van der Waals surface area contributed by atoms with Gasteiger partial charge in [0.1, 0.15) is 0 Å². The average Bonchev–Trinajstić information content (AvgIpc) is 2.57. The van der Waals surface area contributed by atoms with Gasteiger partial charge in [0.2, 0.25) is 0 Å². The quantitative estimate of drug-likeness (QED) is 0.568. The van der Waals surface area contributed by atoms with Gasteiger partial charge in [-0.3, -0.25) is 4.79 Å². The first-order chi connectivity index (χ1) is 8.87. The van der Waals surface area contributed by atoms with Gasteiger partial charge >= 0.3 is 5.97 Å². The molecule has 1 rings (SSSR count). The van der Waals surface area contributed by atoms with E-state index in [4.69, 9.17) is 4.74 Å². The van der Waals surface area contributed by atoms with Crippen molar-refractivity contribution in [2.24, 2.45) is 16.7 Å². The molecule has 112 valence electrons. The fourth-order valence-corrected chi connectivity index (χ4v) is 3.45. The number of carbonyl (C=O) groups is 1. The van der Waals surface area contributed by atoms with Crippen molar-refractivity contribution < 1.29 is 14.6 Å². The molecule has 0 bridgehead atoms. The maximum Gasteiger partial charge on any atom is 0.305 e. The summed E-state index contributed by atoms with van der Waals surface area (Å²) in [5.41, 5.74) is 0.473. The van der Waals surface area contributed by atoms with Crippen LogP contribution in [-0.4, -0.2) is 24.3 Å². The Bertz CT molecular complexity index is 298. The largest absolute Gasteiger partial charge is 0.466 e. The van der Waals surface area contributed by atoms with Crippen LogP contribution in [0.2, 0.25) is 0 Å². The molecular formula is C16H30O3. The Kier molecular flexibility index (Phi) is 5.84. The second kappa shape index (κ2) is 6.74. The number of aliphatic hydroxyl groups is 1. The van der Waals surface area contributed by atoms with E-state index in [1.54, 1.807) is 0 Å². The lowest BCUT2D eigenvalue weighted by molar-refractivity contribution is -0.143. The van der Waals surface area contributed by atoms with E-state index in [1.807, 2.05) is 6.92 Å². The molecule has 2 atom stereocenters. The zero-order chi connectivity index (χ0) is 14.5. The maximum atomic E-state index is 11.3. The Hall–Kier alpha value is -0.570. The van der Waals surface area contributed by atoms with Crippen molar-refractivity contribution in [1.82, 2.24) is 0 Å². The molecule has 19 heavy (non-hydrogen) atoms. The summed E-state index contributed by atoms with van der Waals surface area (Å²) < 4.78 is 4.94. The molecule has 1 aliphatic carbocycles. The van der Waals surface area contributed by atoms with Crippen LogP contribution >= 0.6 is 0 Å². The van der Waals surface area contributed by atoms with Gasteiger partial charge in [-0.25, -0.2) is 0 Å². The van der Waals surface area contributed by atoms with E-state index >= 15 is 0 Å². The minimum atomic E-state index is -0.0773. The number of hydrogen-bond donors (Lipinski definition) is 1. The van der Waals surface area contributed by atoms with Crippen LogP contribution in [0.25, 0.3) is 0 Å². The van der Waals surface area contributed by atoms with Gasteiger partial charge in [-0.15, -0.1) is 0 Å². The highest BCUT2D eigenvalue weighted by Crippen LogP contribution is 2.58. The van der Waals surface area contributed by atoms with Gasteiger partial charge in [0.05, 0.1) is 6.61 Å². The molecule has 0 aliphatic heterocycles. The zero-order valence-electron chi connectivity index (χ0n) is 13.0. The summed E-state index contributed by atoms with van der Waals surface area (Å²) in [6, 6.07) is 0. The molecule has 0 amide bonds. The third kappa shape index (κ3) is 3.71. The number of esters is 1. The summed E-state index contributed by atoms with van der Waals surface area (Å²) >= 11 is 0. The first-order valence-corrected chi connectivity index (χ1v) is 7.64. The van der Waals surface area contributed by atoms with Crippen LogP contribution in [0.1, 0.15) is 66.2 Å². The molecule has 1 fully saturated rings. The van der Waals surface area contributed by atoms with Crippen LogP contribution in [-0.2, 0) is 9.53 Å². The summed E-state index contributed by atoms with van der Waals surface area (Å²) in [4.78, 5) is 11.3. The number of unbranched alkanes of at least 4 members (excludes halogenated alkanes) is 1. The van der Waals surface area contributed by atoms with Gasteiger partial charge in [-0.05, 0) is 49.4 Å². The Labute approximate surface area is 117 Å². The molecule has 1 saturated carbocycles. The van der Waals surface area contributed by atoms with E-state index in [0.29, 0.717) is 25.6 Å². The minimum absolute atomic E-state index is 0.0773. The lowest BCUT2D eigenvalue weighted by atomic mass is 9.64. The highest BCUT2D eigenvalue weighted by Gasteiger charge is 2.50. The van der Waals surface area contributed by atoms with E-state index in [0.717, 1.165) is 25.7 Å². The SMILES string of the molecule is CCOC(=O)CCCC[C@@]1(C)CC[C@@H](CO)C1(C)C. The summed E-state index contributed by atoms with van der Waals surface area (Å²) in [5.74, 6) is 0.342.